The Morgan fingerprint density at radius 3 is 2.86 bits per heavy atom. The summed E-state index contributed by atoms with van der Waals surface area (Å²) in [6.45, 7) is 1.92. The Labute approximate surface area is 87.4 Å². The highest BCUT2D eigenvalue weighted by Gasteiger charge is 2.21. The first-order valence-corrected chi connectivity index (χ1v) is 6.05. The summed E-state index contributed by atoms with van der Waals surface area (Å²) >= 11 is 2.00. The summed E-state index contributed by atoms with van der Waals surface area (Å²) < 4.78 is 1.91. The molecular weight excluding hydrogens is 198 g/mol. The molecule has 2 rings (SSSR count). The normalized spacial score (nSPS) is 21.0. The molecule has 2 heterocycles. The highest BCUT2D eigenvalue weighted by atomic mass is 32.2. The fourth-order valence-electron chi connectivity index (χ4n) is 1.69. The molecule has 0 amide bonds. The van der Waals surface area contributed by atoms with E-state index in [0.29, 0.717) is 6.04 Å². The van der Waals surface area contributed by atoms with Gasteiger partial charge in [0.1, 0.15) is 0 Å². The van der Waals surface area contributed by atoms with E-state index in [4.69, 9.17) is 5.73 Å². The maximum atomic E-state index is 5.80. The van der Waals surface area contributed by atoms with Crippen LogP contribution >= 0.6 is 11.8 Å². The lowest BCUT2D eigenvalue weighted by molar-refractivity contribution is 0.396. The molecule has 2 N–H and O–H groups in total. The molecule has 1 atom stereocenters. The zero-order chi connectivity index (χ0) is 9.97. The van der Waals surface area contributed by atoms with E-state index in [2.05, 4.69) is 15.5 Å². The van der Waals surface area contributed by atoms with Crippen LogP contribution in [-0.4, -0.2) is 31.7 Å². The van der Waals surface area contributed by atoms with Gasteiger partial charge in [0.25, 0.3) is 0 Å². The Balaban J connectivity index is 2.17. The molecule has 6 heteroatoms. The third-order valence-corrected chi connectivity index (χ3v) is 3.51. The van der Waals surface area contributed by atoms with Gasteiger partial charge in [-0.25, -0.2) is 4.68 Å². The first-order valence-electron chi connectivity index (χ1n) is 4.90. The first kappa shape index (κ1) is 9.92. The molecule has 1 aliphatic heterocycles. The van der Waals surface area contributed by atoms with Crippen molar-refractivity contribution < 1.29 is 0 Å². The van der Waals surface area contributed by atoms with Crippen molar-refractivity contribution in [3.05, 3.63) is 5.82 Å². The predicted molar refractivity (Wildman–Crippen MR) is 56.0 cm³/mol. The molecule has 5 nitrogen and oxygen atoms in total. The van der Waals surface area contributed by atoms with E-state index >= 15 is 0 Å². The third kappa shape index (κ3) is 1.90. The lowest BCUT2D eigenvalue weighted by atomic mass is 10.1. The van der Waals surface area contributed by atoms with E-state index in [9.17, 15) is 0 Å². The zero-order valence-electron chi connectivity index (χ0n) is 8.26. The summed E-state index contributed by atoms with van der Waals surface area (Å²) in [5.41, 5.74) is 5.80. The van der Waals surface area contributed by atoms with E-state index in [-0.39, 0.29) is 6.04 Å². The first-order chi connectivity index (χ1) is 6.79. The minimum Gasteiger partial charge on any atom is -0.322 e. The molecule has 1 saturated heterocycles. The molecule has 14 heavy (non-hydrogen) atoms. The van der Waals surface area contributed by atoms with Gasteiger partial charge in [-0.1, -0.05) is 0 Å². The Bertz CT molecular complexity index is 292. The summed E-state index contributed by atoms with van der Waals surface area (Å²) in [6, 6.07) is 0.367. The van der Waals surface area contributed by atoms with Crippen LogP contribution in [0.2, 0.25) is 0 Å². The largest absolute Gasteiger partial charge is 0.322 e. The molecule has 0 aliphatic carbocycles. The highest BCUT2D eigenvalue weighted by Crippen LogP contribution is 2.27. The van der Waals surface area contributed by atoms with Gasteiger partial charge < -0.3 is 5.73 Å². The molecule has 0 aromatic carbocycles. The fraction of sp³-hybridized carbons (Fsp3) is 0.875. The Hall–Kier alpha value is -0.620. The average Bonchev–Trinajstić information content (AvgIpc) is 2.67. The van der Waals surface area contributed by atoms with Crippen LogP contribution < -0.4 is 5.73 Å². The smallest absolute Gasteiger partial charge is 0.167 e. The molecule has 78 valence electrons. The molecule has 1 aromatic heterocycles. The van der Waals surface area contributed by atoms with Gasteiger partial charge in [0.05, 0.1) is 12.1 Å². The van der Waals surface area contributed by atoms with Gasteiger partial charge in [-0.15, -0.1) is 5.10 Å². The average molecular weight is 213 g/mol. The standard InChI is InChI=1S/C8H15N5S/c1-6(9)8-10-11-12-13(8)7-2-4-14-5-3-7/h6-7H,2-5,9H2,1H3. The van der Waals surface area contributed by atoms with Crippen LogP contribution in [0.4, 0.5) is 0 Å². The van der Waals surface area contributed by atoms with Gasteiger partial charge in [-0.3, -0.25) is 0 Å². The highest BCUT2D eigenvalue weighted by molar-refractivity contribution is 7.99. The second-order valence-corrected chi connectivity index (χ2v) is 4.84. The Morgan fingerprint density at radius 1 is 1.50 bits per heavy atom. The maximum Gasteiger partial charge on any atom is 0.167 e. The summed E-state index contributed by atoms with van der Waals surface area (Å²) in [7, 11) is 0. The molecule has 0 bridgehead atoms. The lowest BCUT2D eigenvalue weighted by Crippen LogP contribution is -2.22. The number of aromatic nitrogens is 4. The molecular formula is C8H15N5S. The molecule has 1 unspecified atom stereocenters. The number of nitrogens with zero attached hydrogens (tertiary/aromatic N) is 4. The van der Waals surface area contributed by atoms with Crippen molar-refractivity contribution in [3.63, 3.8) is 0 Å². The van der Waals surface area contributed by atoms with Crippen LogP contribution in [0.15, 0.2) is 0 Å². The van der Waals surface area contributed by atoms with E-state index < -0.39 is 0 Å². The topological polar surface area (TPSA) is 69.6 Å². The monoisotopic (exact) mass is 213 g/mol. The quantitative estimate of drug-likeness (QED) is 0.785. The molecule has 0 radical (unpaired) electrons. The number of rotatable bonds is 2. The molecule has 1 aliphatic rings. The van der Waals surface area contributed by atoms with Crippen molar-refractivity contribution in [2.24, 2.45) is 5.73 Å². The third-order valence-electron chi connectivity index (χ3n) is 2.46. The molecule has 0 saturated carbocycles. The number of hydrogen-bond donors (Lipinski definition) is 1. The number of tetrazole rings is 1. The van der Waals surface area contributed by atoms with Gasteiger partial charge in [0.2, 0.25) is 0 Å². The van der Waals surface area contributed by atoms with Gasteiger partial charge in [-0.05, 0) is 41.7 Å². The van der Waals surface area contributed by atoms with E-state index in [0.717, 1.165) is 18.7 Å². The summed E-state index contributed by atoms with van der Waals surface area (Å²) in [5, 5.41) is 11.7. The Kier molecular flexibility index (Phi) is 3.02. The Morgan fingerprint density at radius 2 is 2.21 bits per heavy atom. The second kappa shape index (κ2) is 4.27. The van der Waals surface area contributed by atoms with Crippen molar-refractivity contribution in [2.45, 2.75) is 31.8 Å². The van der Waals surface area contributed by atoms with Gasteiger partial charge >= 0.3 is 0 Å². The van der Waals surface area contributed by atoms with Crippen LogP contribution in [0, 0.1) is 0 Å². The lowest BCUT2D eigenvalue weighted by Gasteiger charge is -2.22. The fourth-order valence-corrected chi connectivity index (χ4v) is 2.77. The van der Waals surface area contributed by atoms with Gasteiger partial charge in [0, 0.05) is 0 Å². The van der Waals surface area contributed by atoms with Crippen LogP contribution in [-0.2, 0) is 0 Å². The maximum absolute atomic E-state index is 5.80. The van der Waals surface area contributed by atoms with E-state index in [1.807, 2.05) is 23.4 Å². The van der Waals surface area contributed by atoms with E-state index in [1.165, 1.54) is 11.5 Å². The minimum atomic E-state index is -0.0837. The summed E-state index contributed by atoms with van der Waals surface area (Å²) in [5.74, 6) is 3.20. The minimum absolute atomic E-state index is 0.0837. The number of nitrogens with two attached hydrogens (primary N) is 1. The molecule has 1 fully saturated rings. The zero-order valence-corrected chi connectivity index (χ0v) is 9.07. The van der Waals surface area contributed by atoms with Crippen molar-refractivity contribution in [1.29, 1.82) is 0 Å². The van der Waals surface area contributed by atoms with Gasteiger partial charge in [-0.2, -0.15) is 11.8 Å². The predicted octanol–water partition coefficient (Wildman–Crippen LogP) is 0.761. The van der Waals surface area contributed by atoms with Crippen LogP contribution in [0.5, 0.6) is 0 Å². The summed E-state index contributed by atoms with van der Waals surface area (Å²) in [6.07, 6.45) is 2.30. The second-order valence-electron chi connectivity index (χ2n) is 3.61. The number of hydrogen-bond acceptors (Lipinski definition) is 5. The van der Waals surface area contributed by atoms with Crippen LogP contribution in [0.25, 0.3) is 0 Å². The van der Waals surface area contributed by atoms with Crippen molar-refractivity contribution in [3.8, 4) is 0 Å². The van der Waals surface area contributed by atoms with Crippen molar-refractivity contribution >= 4 is 11.8 Å². The number of thioether (sulfide) groups is 1. The SMILES string of the molecule is CC(N)c1nnnn1C1CCSCC1. The summed E-state index contributed by atoms with van der Waals surface area (Å²) in [4.78, 5) is 0. The van der Waals surface area contributed by atoms with Crippen LogP contribution in [0.3, 0.4) is 0 Å². The molecule has 0 spiro atoms. The van der Waals surface area contributed by atoms with Crippen molar-refractivity contribution in [1.82, 2.24) is 20.2 Å². The van der Waals surface area contributed by atoms with Gasteiger partial charge in [0.15, 0.2) is 5.82 Å². The van der Waals surface area contributed by atoms with E-state index in [1.54, 1.807) is 0 Å². The van der Waals surface area contributed by atoms with Crippen molar-refractivity contribution in [2.75, 3.05) is 11.5 Å². The molecule has 1 aromatic rings. The van der Waals surface area contributed by atoms with Crippen LogP contribution in [0.1, 0.15) is 37.7 Å².